The molecule has 0 spiro atoms. The van der Waals surface area contributed by atoms with Gasteiger partial charge in [-0.2, -0.15) is 0 Å². The molecule has 1 saturated carbocycles. The van der Waals surface area contributed by atoms with Crippen LogP contribution in [0, 0.1) is 11.8 Å². The average molecular weight is 274 g/mol. The van der Waals surface area contributed by atoms with Gasteiger partial charge in [0.25, 0.3) is 0 Å². The minimum absolute atomic E-state index is 0.0922. The predicted octanol–water partition coefficient (Wildman–Crippen LogP) is 2.41. The molecule has 2 fully saturated rings. The summed E-state index contributed by atoms with van der Waals surface area (Å²) in [5.74, 6) is 1.85. The topological polar surface area (TPSA) is 50.4 Å². The maximum atomic E-state index is 12.1. The number of hydrogen-bond donors (Lipinski definition) is 2. The van der Waals surface area contributed by atoms with Crippen LogP contribution in [0.1, 0.15) is 25.7 Å². The van der Waals surface area contributed by atoms with E-state index in [-0.39, 0.29) is 11.8 Å². The maximum Gasteiger partial charge on any atom is 0.228 e. The van der Waals surface area contributed by atoms with Gasteiger partial charge in [-0.1, -0.05) is 0 Å². The van der Waals surface area contributed by atoms with E-state index in [9.17, 15) is 4.79 Å². The Morgan fingerprint density at radius 3 is 2.70 bits per heavy atom. The summed E-state index contributed by atoms with van der Waals surface area (Å²) in [7, 11) is 0. The van der Waals surface area contributed by atoms with Crippen molar-refractivity contribution in [1.29, 1.82) is 0 Å². The number of piperidine rings is 1. The van der Waals surface area contributed by atoms with Gasteiger partial charge in [-0.25, -0.2) is 0 Å². The Balaban J connectivity index is 1.49. The smallest absolute Gasteiger partial charge is 0.228 e. The summed E-state index contributed by atoms with van der Waals surface area (Å²) in [4.78, 5) is 12.1. The molecule has 1 aliphatic heterocycles. The number of hydrogen-bond acceptors (Lipinski definition) is 3. The molecule has 1 saturated heterocycles. The average Bonchev–Trinajstić information content (AvgIpc) is 3.32. The van der Waals surface area contributed by atoms with E-state index in [1.165, 1.54) is 12.8 Å². The first-order chi connectivity index (χ1) is 9.81. The second-order valence-corrected chi connectivity index (χ2v) is 5.81. The van der Waals surface area contributed by atoms with Gasteiger partial charge in [0.15, 0.2) is 0 Å². The van der Waals surface area contributed by atoms with Crippen LogP contribution in [-0.2, 0) is 4.79 Å². The lowest BCUT2D eigenvalue weighted by Crippen LogP contribution is -2.37. The predicted molar refractivity (Wildman–Crippen MR) is 78.9 cm³/mol. The number of anilines is 1. The van der Waals surface area contributed by atoms with Gasteiger partial charge in [-0.05, 0) is 62.4 Å². The van der Waals surface area contributed by atoms with Crippen LogP contribution in [0.4, 0.5) is 5.69 Å². The lowest BCUT2D eigenvalue weighted by atomic mass is 9.99. The van der Waals surface area contributed by atoms with Crippen LogP contribution in [0.2, 0.25) is 0 Å². The second kappa shape index (κ2) is 6.27. The molecular weight excluding hydrogens is 252 g/mol. The Hall–Kier alpha value is -1.55. The lowest BCUT2D eigenvalue weighted by Gasteiger charge is -2.21. The minimum Gasteiger partial charge on any atom is -0.493 e. The zero-order valence-electron chi connectivity index (χ0n) is 11.7. The van der Waals surface area contributed by atoms with E-state index in [0.717, 1.165) is 49.9 Å². The lowest BCUT2D eigenvalue weighted by molar-refractivity contribution is -0.120. The molecule has 1 amide bonds. The van der Waals surface area contributed by atoms with Crippen molar-refractivity contribution in [2.45, 2.75) is 25.7 Å². The Morgan fingerprint density at radius 1 is 1.25 bits per heavy atom. The summed E-state index contributed by atoms with van der Waals surface area (Å²) in [6.07, 6.45) is 4.64. The molecule has 1 aromatic carbocycles. The quantitative estimate of drug-likeness (QED) is 0.867. The molecule has 108 valence electrons. The van der Waals surface area contributed by atoms with Crippen LogP contribution < -0.4 is 15.4 Å². The monoisotopic (exact) mass is 274 g/mol. The van der Waals surface area contributed by atoms with E-state index in [0.29, 0.717) is 0 Å². The van der Waals surface area contributed by atoms with Gasteiger partial charge in [-0.15, -0.1) is 0 Å². The van der Waals surface area contributed by atoms with E-state index in [2.05, 4.69) is 10.6 Å². The van der Waals surface area contributed by atoms with Gasteiger partial charge in [-0.3, -0.25) is 4.79 Å². The molecular formula is C16H22N2O2. The highest BCUT2D eigenvalue weighted by atomic mass is 16.5. The molecule has 3 rings (SSSR count). The third-order valence-corrected chi connectivity index (χ3v) is 3.97. The van der Waals surface area contributed by atoms with Crippen LogP contribution >= 0.6 is 0 Å². The van der Waals surface area contributed by atoms with Crippen molar-refractivity contribution in [1.82, 2.24) is 5.32 Å². The summed E-state index contributed by atoms with van der Waals surface area (Å²) in [5, 5.41) is 6.24. The largest absolute Gasteiger partial charge is 0.493 e. The van der Waals surface area contributed by atoms with Gasteiger partial charge < -0.3 is 15.4 Å². The zero-order valence-corrected chi connectivity index (χ0v) is 11.7. The van der Waals surface area contributed by atoms with Gasteiger partial charge in [0.05, 0.1) is 12.5 Å². The molecule has 1 heterocycles. The summed E-state index contributed by atoms with van der Waals surface area (Å²) in [6, 6.07) is 7.68. The SMILES string of the molecule is O=C(Nc1ccc(OCC2CC2)cc1)C1CCCNC1. The number of carbonyl (C=O) groups is 1. The van der Waals surface area contributed by atoms with Gasteiger partial charge in [0.1, 0.15) is 5.75 Å². The molecule has 1 atom stereocenters. The molecule has 2 N–H and O–H groups in total. The van der Waals surface area contributed by atoms with Crippen molar-refractivity contribution < 1.29 is 9.53 Å². The molecule has 1 aliphatic carbocycles. The first-order valence-corrected chi connectivity index (χ1v) is 7.56. The zero-order chi connectivity index (χ0) is 13.8. The summed E-state index contributed by atoms with van der Waals surface area (Å²) in [6.45, 7) is 2.63. The molecule has 1 aromatic rings. The standard InChI is InChI=1S/C16H22N2O2/c19-16(13-2-1-9-17-10-13)18-14-5-7-15(8-6-14)20-11-12-3-4-12/h5-8,12-13,17H,1-4,9-11H2,(H,18,19). The van der Waals surface area contributed by atoms with E-state index >= 15 is 0 Å². The summed E-state index contributed by atoms with van der Waals surface area (Å²) >= 11 is 0. The van der Waals surface area contributed by atoms with Crippen LogP contribution in [-0.4, -0.2) is 25.6 Å². The van der Waals surface area contributed by atoms with Crippen molar-refractivity contribution in [3.63, 3.8) is 0 Å². The number of amides is 1. The highest BCUT2D eigenvalue weighted by Crippen LogP contribution is 2.29. The van der Waals surface area contributed by atoms with E-state index < -0.39 is 0 Å². The van der Waals surface area contributed by atoms with E-state index in [1.807, 2.05) is 24.3 Å². The van der Waals surface area contributed by atoms with Crippen molar-refractivity contribution in [3.05, 3.63) is 24.3 Å². The van der Waals surface area contributed by atoms with E-state index in [4.69, 9.17) is 4.74 Å². The Labute approximate surface area is 119 Å². The first-order valence-electron chi connectivity index (χ1n) is 7.56. The number of benzene rings is 1. The van der Waals surface area contributed by atoms with Crippen molar-refractivity contribution in [2.24, 2.45) is 11.8 Å². The fourth-order valence-electron chi connectivity index (χ4n) is 2.45. The number of rotatable bonds is 5. The Kier molecular flexibility index (Phi) is 4.21. The van der Waals surface area contributed by atoms with Crippen LogP contribution in [0.15, 0.2) is 24.3 Å². The minimum atomic E-state index is 0.0922. The summed E-state index contributed by atoms with van der Waals surface area (Å²) < 4.78 is 5.68. The third kappa shape index (κ3) is 3.73. The molecule has 2 aliphatic rings. The fourth-order valence-corrected chi connectivity index (χ4v) is 2.45. The van der Waals surface area contributed by atoms with Gasteiger partial charge >= 0.3 is 0 Å². The van der Waals surface area contributed by atoms with Crippen LogP contribution in [0.5, 0.6) is 5.75 Å². The highest BCUT2D eigenvalue weighted by molar-refractivity contribution is 5.92. The normalized spacial score (nSPS) is 22.3. The molecule has 4 heteroatoms. The Bertz CT molecular complexity index is 448. The van der Waals surface area contributed by atoms with Crippen molar-refractivity contribution in [2.75, 3.05) is 25.0 Å². The summed E-state index contributed by atoms with van der Waals surface area (Å²) in [5.41, 5.74) is 0.847. The molecule has 1 unspecified atom stereocenters. The third-order valence-electron chi connectivity index (χ3n) is 3.97. The fraction of sp³-hybridized carbons (Fsp3) is 0.562. The molecule has 20 heavy (non-hydrogen) atoms. The molecule has 0 radical (unpaired) electrons. The number of ether oxygens (including phenoxy) is 1. The number of carbonyl (C=O) groups excluding carboxylic acids is 1. The van der Waals surface area contributed by atoms with E-state index in [1.54, 1.807) is 0 Å². The van der Waals surface area contributed by atoms with Gasteiger partial charge in [0.2, 0.25) is 5.91 Å². The first kappa shape index (κ1) is 13.4. The molecule has 0 aromatic heterocycles. The van der Waals surface area contributed by atoms with Gasteiger partial charge in [0, 0.05) is 12.2 Å². The second-order valence-electron chi connectivity index (χ2n) is 5.81. The molecule has 0 bridgehead atoms. The number of nitrogens with one attached hydrogen (secondary N) is 2. The Morgan fingerprint density at radius 2 is 2.05 bits per heavy atom. The maximum absolute atomic E-state index is 12.1. The van der Waals surface area contributed by atoms with Crippen LogP contribution in [0.3, 0.4) is 0 Å². The van der Waals surface area contributed by atoms with Crippen LogP contribution in [0.25, 0.3) is 0 Å². The highest BCUT2D eigenvalue weighted by Gasteiger charge is 2.22. The van der Waals surface area contributed by atoms with Crippen molar-refractivity contribution in [3.8, 4) is 5.75 Å². The van der Waals surface area contributed by atoms with Crippen molar-refractivity contribution >= 4 is 11.6 Å². The molecule has 4 nitrogen and oxygen atoms in total.